The van der Waals surface area contributed by atoms with E-state index in [0.717, 1.165) is 12.3 Å². The van der Waals surface area contributed by atoms with Gasteiger partial charge in [-0.1, -0.05) is 6.07 Å². The van der Waals surface area contributed by atoms with Gasteiger partial charge in [0.15, 0.2) is 0 Å². The van der Waals surface area contributed by atoms with Gasteiger partial charge in [-0.3, -0.25) is 0 Å². The highest BCUT2D eigenvalue weighted by Gasteiger charge is 2.34. The van der Waals surface area contributed by atoms with E-state index in [9.17, 15) is 31.1 Å². The Balaban J connectivity index is 2.96. The summed E-state index contributed by atoms with van der Waals surface area (Å²) in [7, 11) is -3.33. The van der Waals surface area contributed by atoms with E-state index in [0.29, 0.717) is 12.1 Å². The van der Waals surface area contributed by atoms with Crippen LogP contribution in [0.2, 0.25) is 0 Å². The first-order chi connectivity index (χ1) is 8.50. The van der Waals surface area contributed by atoms with Gasteiger partial charge in [0.1, 0.15) is 15.7 Å². The molecule has 0 saturated heterocycles. The number of hydrogen-bond donors (Lipinski definition) is 1. The molecule has 0 bridgehead atoms. The third kappa shape index (κ3) is 4.79. The molecule has 19 heavy (non-hydrogen) atoms. The highest BCUT2D eigenvalue weighted by molar-refractivity contribution is 7.90. The first-order valence-corrected chi connectivity index (χ1v) is 7.29. The predicted octanol–water partition coefficient (Wildman–Crippen LogP) is 2.31. The lowest BCUT2D eigenvalue weighted by Gasteiger charge is -2.14. The maximum atomic E-state index is 13.0. The highest BCUT2D eigenvalue weighted by atomic mass is 32.2. The maximum Gasteiger partial charge on any atom is 0.419 e. The summed E-state index contributed by atoms with van der Waals surface area (Å²) in [6.45, 7) is 0. The van der Waals surface area contributed by atoms with Crippen LogP contribution in [-0.2, 0) is 16.0 Å². The van der Waals surface area contributed by atoms with Crippen molar-refractivity contribution in [1.82, 2.24) is 0 Å². The van der Waals surface area contributed by atoms with Crippen molar-refractivity contribution in [2.75, 3.05) is 12.0 Å². The van der Waals surface area contributed by atoms with Gasteiger partial charge in [-0.25, -0.2) is 12.8 Å². The Morgan fingerprint density at radius 2 is 1.89 bits per heavy atom. The monoisotopic (exact) mass is 300 g/mol. The number of halogens is 4. The molecule has 1 atom stereocenters. The second-order valence-corrected chi connectivity index (χ2v) is 6.43. The summed E-state index contributed by atoms with van der Waals surface area (Å²) in [6, 6.07) is 2.08. The third-order valence-electron chi connectivity index (χ3n) is 2.44. The average molecular weight is 300 g/mol. The quantitative estimate of drug-likeness (QED) is 0.868. The summed E-state index contributed by atoms with van der Waals surface area (Å²) in [5, 5.41) is 9.61. The van der Waals surface area contributed by atoms with Gasteiger partial charge in [-0.2, -0.15) is 13.2 Å². The van der Waals surface area contributed by atoms with E-state index in [1.54, 1.807) is 0 Å². The molecule has 0 aliphatic heterocycles. The van der Waals surface area contributed by atoms with Crippen LogP contribution in [0.1, 0.15) is 23.7 Å². The summed E-state index contributed by atoms with van der Waals surface area (Å²) in [4.78, 5) is 0. The Morgan fingerprint density at radius 3 is 2.37 bits per heavy atom. The lowest BCUT2D eigenvalue weighted by Crippen LogP contribution is -2.12. The van der Waals surface area contributed by atoms with Crippen LogP contribution < -0.4 is 0 Å². The zero-order valence-corrected chi connectivity index (χ0v) is 10.7. The minimum Gasteiger partial charge on any atom is -0.388 e. The van der Waals surface area contributed by atoms with Crippen LogP contribution in [0.4, 0.5) is 17.6 Å². The van der Waals surface area contributed by atoms with E-state index >= 15 is 0 Å². The molecular weight excluding hydrogens is 288 g/mol. The molecule has 1 rings (SSSR count). The van der Waals surface area contributed by atoms with Crippen LogP contribution in [0.5, 0.6) is 0 Å². The summed E-state index contributed by atoms with van der Waals surface area (Å²) in [5.41, 5.74) is -1.65. The van der Waals surface area contributed by atoms with Crippen LogP contribution in [0.25, 0.3) is 0 Å². The first kappa shape index (κ1) is 15.9. The molecule has 8 heteroatoms. The zero-order valence-electron chi connectivity index (χ0n) is 9.91. The fourth-order valence-corrected chi connectivity index (χ4v) is 2.11. The van der Waals surface area contributed by atoms with Gasteiger partial charge in [0, 0.05) is 6.26 Å². The van der Waals surface area contributed by atoms with E-state index in [4.69, 9.17) is 0 Å². The Morgan fingerprint density at radius 1 is 1.32 bits per heavy atom. The lowest BCUT2D eigenvalue weighted by molar-refractivity contribution is -0.140. The average Bonchev–Trinajstić information content (AvgIpc) is 2.24. The Kier molecular flexibility index (Phi) is 4.57. The summed E-state index contributed by atoms with van der Waals surface area (Å²) in [6.07, 6.45) is -5.55. The topological polar surface area (TPSA) is 54.4 Å². The zero-order chi connectivity index (χ0) is 14.8. The number of aliphatic hydroxyl groups is 1. The van der Waals surface area contributed by atoms with E-state index < -0.39 is 33.5 Å². The van der Waals surface area contributed by atoms with Crippen molar-refractivity contribution in [1.29, 1.82) is 0 Å². The molecule has 0 aromatic heterocycles. The van der Waals surface area contributed by atoms with Crippen LogP contribution >= 0.6 is 0 Å². The summed E-state index contributed by atoms with van der Waals surface area (Å²) in [5.74, 6) is -1.81. The second kappa shape index (κ2) is 5.46. The van der Waals surface area contributed by atoms with Crippen molar-refractivity contribution < 1.29 is 31.1 Å². The Hall–Kier alpha value is -1.15. The van der Waals surface area contributed by atoms with E-state index in [2.05, 4.69) is 0 Å². The summed E-state index contributed by atoms with van der Waals surface area (Å²) >= 11 is 0. The molecule has 0 amide bonds. The molecule has 0 fully saturated rings. The molecule has 0 aliphatic carbocycles. The minimum absolute atomic E-state index is 0.169. The number of rotatable bonds is 4. The van der Waals surface area contributed by atoms with Gasteiger partial charge in [0.2, 0.25) is 0 Å². The van der Waals surface area contributed by atoms with Crippen molar-refractivity contribution in [3.05, 3.63) is 35.1 Å². The van der Waals surface area contributed by atoms with E-state index in [1.807, 2.05) is 0 Å². The second-order valence-electron chi connectivity index (χ2n) is 4.17. The maximum absolute atomic E-state index is 13.0. The van der Waals surface area contributed by atoms with Gasteiger partial charge in [-0.05, 0) is 24.1 Å². The SMILES string of the molecule is CS(=O)(=O)CCC(O)c1ccc(F)c(C(F)(F)F)c1. The normalized spacial score (nSPS) is 14.4. The number of sulfone groups is 1. The van der Waals surface area contributed by atoms with Gasteiger partial charge in [0.25, 0.3) is 0 Å². The Labute approximate surface area is 107 Å². The number of alkyl halides is 3. The highest BCUT2D eigenvalue weighted by Crippen LogP contribution is 2.33. The number of aliphatic hydroxyl groups excluding tert-OH is 1. The van der Waals surface area contributed by atoms with Crippen molar-refractivity contribution in [3.8, 4) is 0 Å². The van der Waals surface area contributed by atoms with Gasteiger partial charge >= 0.3 is 6.18 Å². The minimum atomic E-state index is -4.86. The fourth-order valence-electron chi connectivity index (χ4n) is 1.46. The largest absolute Gasteiger partial charge is 0.419 e. The van der Waals surface area contributed by atoms with E-state index in [-0.39, 0.29) is 17.7 Å². The molecule has 0 radical (unpaired) electrons. The molecule has 0 aliphatic rings. The van der Waals surface area contributed by atoms with Crippen molar-refractivity contribution in [2.45, 2.75) is 18.7 Å². The first-order valence-electron chi connectivity index (χ1n) is 5.23. The molecule has 1 aromatic carbocycles. The molecular formula is C11H12F4O3S. The molecule has 3 nitrogen and oxygen atoms in total. The molecule has 1 aromatic rings. The standard InChI is InChI=1S/C11H12F4O3S/c1-19(17,18)5-4-10(16)7-2-3-9(12)8(6-7)11(13,14)15/h2-3,6,10,16H,4-5H2,1H3. The van der Waals surface area contributed by atoms with Crippen molar-refractivity contribution >= 4 is 9.84 Å². The molecule has 0 spiro atoms. The van der Waals surface area contributed by atoms with Crippen LogP contribution in [0.15, 0.2) is 18.2 Å². The lowest BCUT2D eigenvalue weighted by atomic mass is 10.0. The van der Waals surface area contributed by atoms with Gasteiger partial charge in [-0.15, -0.1) is 0 Å². The Bertz CT molecular complexity index is 552. The molecule has 108 valence electrons. The molecule has 0 heterocycles. The molecule has 1 unspecified atom stereocenters. The van der Waals surface area contributed by atoms with Crippen molar-refractivity contribution in [3.63, 3.8) is 0 Å². The number of benzene rings is 1. The molecule has 0 saturated carbocycles. The third-order valence-corrected chi connectivity index (χ3v) is 3.42. The fraction of sp³-hybridized carbons (Fsp3) is 0.455. The van der Waals surface area contributed by atoms with Gasteiger partial charge < -0.3 is 5.11 Å². The number of hydrogen-bond acceptors (Lipinski definition) is 3. The van der Waals surface area contributed by atoms with Gasteiger partial charge in [0.05, 0.1) is 17.4 Å². The summed E-state index contributed by atoms with van der Waals surface area (Å²) < 4.78 is 72.1. The van der Waals surface area contributed by atoms with Crippen LogP contribution in [0.3, 0.4) is 0 Å². The molecule has 1 N–H and O–H groups in total. The smallest absolute Gasteiger partial charge is 0.388 e. The predicted molar refractivity (Wildman–Crippen MR) is 60.7 cm³/mol. The van der Waals surface area contributed by atoms with E-state index in [1.165, 1.54) is 0 Å². The van der Waals surface area contributed by atoms with Crippen LogP contribution in [0, 0.1) is 5.82 Å². The van der Waals surface area contributed by atoms with Crippen molar-refractivity contribution in [2.24, 2.45) is 0 Å². The van der Waals surface area contributed by atoms with Crippen LogP contribution in [-0.4, -0.2) is 25.5 Å².